The normalized spacial score (nSPS) is 11.5. The lowest BCUT2D eigenvalue weighted by Gasteiger charge is -2.12. The van der Waals surface area contributed by atoms with Crippen molar-refractivity contribution < 1.29 is 22.8 Å². The van der Waals surface area contributed by atoms with Crippen LogP contribution in [0, 0.1) is 11.6 Å². The third-order valence-electron chi connectivity index (χ3n) is 3.87. The average molecular weight is 374 g/mol. The molecule has 0 aliphatic heterocycles. The second kappa shape index (κ2) is 7.34. The van der Waals surface area contributed by atoms with Crippen LogP contribution in [0.4, 0.5) is 8.78 Å². The molecule has 3 rings (SSSR count). The van der Waals surface area contributed by atoms with Gasteiger partial charge in [0.1, 0.15) is 6.61 Å². The van der Waals surface area contributed by atoms with Gasteiger partial charge in [0, 0.05) is 11.0 Å². The molecule has 0 radical (unpaired) electrons. The fraction of sp³-hybridized carbons (Fsp3) is 0.300. The number of rotatable bonds is 5. The van der Waals surface area contributed by atoms with Gasteiger partial charge in [0.15, 0.2) is 23.1 Å². The van der Waals surface area contributed by atoms with Crippen LogP contribution in [0.5, 0.6) is 11.5 Å². The Hall–Kier alpha value is -2.96. The molecule has 0 spiro atoms. The van der Waals surface area contributed by atoms with E-state index in [1.54, 1.807) is 18.2 Å². The largest absolute Gasteiger partial charge is 0.493 e. The molecule has 1 heterocycles. The second-order valence-electron chi connectivity index (χ2n) is 7.08. The first kappa shape index (κ1) is 18.8. The van der Waals surface area contributed by atoms with Crippen molar-refractivity contribution >= 4 is 0 Å². The molecule has 0 unspecified atom stereocenters. The number of ether oxygens (including phenoxy) is 2. The van der Waals surface area contributed by atoms with Gasteiger partial charge in [-0.3, -0.25) is 0 Å². The highest BCUT2D eigenvalue weighted by molar-refractivity contribution is 5.60. The Labute approximate surface area is 155 Å². The molecule has 2 aromatic carbocycles. The summed E-state index contributed by atoms with van der Waals surface area (Å²) in [6, 6.07) is 8.85. The maximum atomic E-state index is 13.3. The molecule has 0 atom stereocenters. The monoisotopic (exact) mass is 374 g/mol. The number of methoxy groups -OCH3 is 1. The van der Waals surface area contributed by atoms with Gasteiger partial charge in [-0.05, 0) is 35.9 Å². The van der Waals surface area contributed by atoms with Crippen molar-refractivity contribution in [3.8, 4) is 22.9 Å². The Morgan fingerprint density at radius 2 is 1.78 bits per heavy atom. The number of hydrogen-bond donors (Lipinski definition) is 0. The Kier molecular flexibility index (Phi) is 5.12. The third-order valence-corrected chi connectivity index (χ3v) is 3.87. The molecular weight excluding hydrogens is 354 g/mol. The standard InChI is InChI=1S/C20H20F2N2O3/c1-20(2,3)19-23-18(24-27-19)13-6-8-16(17(10-13)25-4)26-11-12-5-7-14(21)15(22)9-12/h5-10H,11H2,1-4H3. The van der Waals surface area contributed by atoms with Gasteiger partial charge >= 0.3 is 0 Å². The van der Waals surface area contributed by atoms with E-state index < -0.39 is 11.6 Å². The zero-order chi connectivity index (χ0) is 19.6. The maximum Gasteiger partial charge on any atom is 0.232 e. The van der Waals surface area contributed by atoms with Crippen LogP contribution < -0.4 is 9.47 Å². The summed E-state index contributed by atoms with van der Waals surface area (Å²) in [4.78, 5) is 4.42. The van der Waals surface area contributed by atoms with E-state index in [1.807, 2.05) is 20.8 Å². The first-order valence-corrected chi connectivity index (χ1v) is 8.37. The molecule has 3 aromatic rings. The van der Waals surface area contributed by atoms with E-state index in [0.717, 1.165) is 12.1 Å². The highest BCUT2D eigenvalue weighted by atomic mass is 19.2. The van der Waals surface area contributed by atoms with Crippen molar-refractivity contribution in [1.82, 2.24) is 10.1 Å². The van der Waals surface area contributed by atoms with Gasteiger partial charge < -0.3 is 14.0 Å². The second-order valence-corrected chi connectivity index (χ2v) is 7.08. The summed E-state index contributed by atoms with van der Waals surface area (Å²) < 4.78 is 42.7. The Bertz CT molecular complexity index is 949. The van der Waals surface area contributed by atoms with Gasteiger partial charge in [0.25, 0.3) is 0 Å². The molecule has 142 valence electrons. The van der Waals surface area contributed by atoms with E-state index in [-0.39, 0.29) is 12.0 Å². The number of benzene rings is 2. The molecule has 0 bridgehead atoms. The SMILES string of the molecule is COc1cc(-c2noc(C(C)(C)C)n2)ccc1OCc1ccc(F)c(F)c1. The zero-order valence-electron chi connectivity index (χ0n) is 15.5. The number of aromatic nitrogens is 2. The topological polar surface area (TPSA) is 57.4 Å². The fourth-order valence-electron chi connectivity index (χ4n) is 2.36. The van der Waals surface area contributed by atoms with Crippen LogP contribution in [0.1, 0.15) is 32.2 Å². The van der Waals surface area contributed by atoms with Gasteiger partial charge in [0.2, 0.25) is 11.7 Å². The van der Waals surface area contributed by atoms with Crippen LogP contribution in [0.2, 0.25) is 0 Å². The molecule has 0 saturated heterocycles. The van der Waals surface area contributed by atoms with Crippen LogP contribution in [0.15, 0.2) is 40.9 Å². The highest BCUT2D eigenvalue weighted by Crippen LogP contribution is 2.33. The predicted molar refractivity (Wildman–Crippen MR) is 95.7 cm³/mol. The van der Waals surface area contributed by atoms with Crippen LogP contribution in [0.3, 0.4) is 0 Å². The summed E-state index contributed by atoms with van der Waals surface area (Å²) in [5, 5.41) is 4.01. The molecule has 0 N–H and O–H groups in total. The van der Waals surface area contributed by atoms with Crippen LogP contribution in [-0.2, 0) is 12.0 Å². The predicted octanol–water partition coefficient (Wildman–Crippen LogP) is 4.90. The molecule has 0 aliphatic carbocycles. The molecule has 5 nitrogen and oxygen atoms in total. The molecule has 1 aromatic heterocycles. The van der Waals surface area contributed by atoms with Gasteiger partial charge in [-0.2, -0.15) is 4.98 Å². The van der Waals surface area contributed by atoms with Crippen LogP contribution >= 0.6 is 0 Å². The lowest BCUT2D eigenvalue weighted by Crippen LogP contribution is -2.11. The molecule has 0 amide bonds. The lowest BCUT2D eigenvalue weighted by atomic mass is 9.97. The van der Waals surface area contributed by atoms with Crippen molar-refractivity contribution in [2.24, 2.45) is 0 Å². The minimum atomic E-state index is -0.912. The van der Waals surface area contributed by atoms with E-state index in [9.17, 15) is 8.78 Å². The molecule has 27 heavy (non-hydrogen) atoms. The average Bonchev–Trinajstić information content (AvgIpc) is 3.13. The fourth-order valence-corrected chi connectivity index (χ4v) is 2.36. The Morgan fingerprint density at radius 1 is 1.00 bits per heavy atom. The van der Waals surface area contributed by atoms with E-state index in [2.05, 4.69) is 10.1 Å². The van der Waals surface area contributed by atoms with Crippen molar-refractivity contribution in [2.45, 2.75) is 32.8 Å². The summed E-state index contributed by atoms with van der Waals surface area (Å²) in [7, 11) is 1.51. The Morgan fingerprint density at radius 3 is 2.41 bits per heavy atom. The summed E-state index contributed by atoms with van der Waals surface area (Å²) in [6.45, 7) is 6.03. The van der Waals surface area contributed by atoms with Gasteiger partial charge in [-0.1, -0.05) is 32.0 Å². The maximum absolute atomic E-state index is 13.3. The molecule has 0 aliphatic rings. The van der Waals surface area contributed by atoms with Gasteiger partial charge in [0.05, 0.1) is 7.11 Å². The molecular formula is C20H20F2N2O3. The first-order valence-electron chi connectivity index (χ1n) is 8.37. The highest BCUT2D eigenvalue weighted by Gasteiger charge is 2.22. The lowest BCUT2D eigenvalue weighted by molar-refractivity contribution is 0.284. The van der Waals surface area contributed by atoms with E-state index in [0.29, 0.717) is 34.3 Å². The quantitative estimate of drug-likeness (QED) is 0.636. The number of halogens is 2. The first-order chi connectivity index (χ1) is 12.8. The minimum Gasteiger partial charge on any atom is -0.493 e. The van der Waals surface area contributed by atoms with Crippen molar-refractivity contribution in [1.29, 1.82) is 0 Å². The summed E-state index contributed by atoms with van der Waals surface area (Å²) in [6.07, 6.45) is 0. The number of nitrogens with zero attached hydrogens (tertiary/aromatic N) is 2. The molecule has 0 saturated carbocycles. The molecule has 7 heteroatoms. The Balaban J connectivity index is 1.79. The van der Waals surface area contributed by atoms with Crippen molar-refractivity contribution in [3.05, 3.63) is 59.5 Å². The van der Waals surface area contributed by atoms with Crippen molar-refractivity contribution in [2.75, 3.05) is 7.11 Å². The van der Waals surface area contributed by atoms with Crippen LogP contribution in [-0.4, -0.2) is 17.3 Å². The number of hydrogen-bond acceptors (Lipinski definition) is 5. The smallest absolute Gasteiger partial charge is 0.232 e. The van der Waals surface area contributed by atoms with E-state index in [1.165, 1.54) is 13.2 Å². The van der Waals surface area contributed by atoms with Gasteiger partial charge in [-0.25, -0.2) is 8.78 Å². The minimum absolute atomic E-state index is 0.0727. The van der Waals surface area contributed by atoms with Crippen molar-refractivity contribution in [3.63, 3.8) is 0 Å². The summed E-state index contributed by atoms with van der Waals surface area (Å²) >= 11 is 0. The zero-order valence-corrected chi connectivity index (χ0v) is 15.5. The van der Waals surface area contributed by atoms with Gasteiger partial charge in [-0.15, -0.1) is 0 Å². The third kappa shape index (κ3) is 4.24. The van der Waals surface area contributed by atoms with E-state index >= 15 is 0 Å². The van der Waals surface area contributed by atoms with Crippen LogP contribution in [0.25, 0.3) is 11.4 Å². The van der Waals surface area contributed by atoms with E-state index in [4.69, 9.17) is 14.0 Å². The molecule has 0 fully saturated rings. The summed E-state index contributed by atoms with van der Waals surface area (Å²) in [5.41, 5.74) is 0.974. The summed E-state index contributed by atoms with van der Waals surface area (Å²) in [5.74, 6) is 0.115.